The lowest BCUT2D eigenvalue weighted by molar-refractivity contribution is -0.0835. The Morgan fingerprint density at radius 1 is 1.40 bits per heavy atom. The first kappa shape index (κ1) is 22.6. The van der Waals surface area contributed by atoms with E-state index >= 15 is 0 Å². The Bertz CT molecular complexity index is 541. The lowest BCUT2D eigenvalue weighted by atomic mass is 9.78. The van der Waals surface area contributed by atoms with Gasteiger partial charge in [0.1, 0.15) is 0 Å². The van der Waals surface area contributed by atoms with Gasteiger partial charge in [-0.3, -0.25) is 4.99 Å². The summed E-state index contributed by atoms with van der Waals surface area (Å²) in [5.74, 6) is 1.39. The molecule has 0 saturated carbocycles. The number of rotatable bonds is 5. The molecule has 2 unspecified atom stereocenters. The maximum absolute atomic E-state index is 6.05. The van der Waals surface area contributed by atoms with Crippen molar-refractivity contribution in [3.05, 3.63) is 16.1 Å². The topological polar surface area (TPSA) is 58.5 Å². The van der Waals surface area contributed by atoms with E-state index < -0.39 is 0 Å². The molecule has 1 aromatic heterocycles. The van der Waals surface area contributed by atoms with E-state index in [1.165, 1.54) is 6.42 Å². The average Bonchev–Trinajstić information content (AvgIpc) is 2.95. The maximum atomic E-state index is 6.05. The van der Waals surface area contributed by atoms with Gasteiger partial charge in [0.05, 0.1) is 16.8 Å². The summed E-state index contributed by atoms with van der Waals surface area (Å²) in [5.41, 5.74) is 1.32. The first-order chi connectivity index (χ1) is 11.4. The molecule has 5 nitrogen and oxygen atoms in total. The highest BCUT2D eigenvalue weighted by atomic mass is 127. The van der Waals surface area contributed by atoms with Crippen LogP contribution in [0.1, 0.15) is 44.3 Å². The first-order valence-corrected chi connectivity index (χ1v) is 9.75. The standard InChI is InChI=1S/C18H32N4OS.HI/c1-13-22-15(12-24-13)8-9-20-17(19-5)21-11-14-7-6-10-23-16(14)18(2,3)4;/h12,14,16H,6-11H2,1-5H3,(H2,19,20,21);1H. The smallest absolute Gasteiger partial charge is 0.191 e. The zero-order valence-electron chi connectivity index (χ0n) is 16.1. The minimum absolute atomic E-state index is 0. The lowest BCUT2D eigenvalue weighted by Crippen LogP contribution is -2.47. The number of thiazole rings is 1. The predicted molar refractivity (Wildman–Crippen MR) is 117 cm³/mol. The van der Waals surface area contributed by atoms with Gasteiger partial charge in [-0.25, -0.2) is 4.98 Å². The lowest BCUT2D eigenvalue weighted by Gasteiger charge is -2.40. The molecule has 1 aliphatic rings. The number of aromatic nitrogens is 1. The number of halogens is 1. The van der Waals surface area contributed by atoms with E-state index in [0.717, 1.165) is 49.2 Å². The molecule has 0 radical (unpaired) electrons. The molecule has 2 atom stereocenters. The number of guanidine groups is 1. The first-order valence-electron chi connectivity index (χ1n) is 8.87. The summed E-state index contributed by atoms with van der Waals surface area (Å²) in [4.78, 5) is 8.82. The Balaban J connectivity index is 0.00000312. The van der Waals surface area contributed by atoms with E-state index in [4.69, 9.17) is 4.74 Å². The van der Waals surface area contributed by atoms with E-state index in [-0.39, 0.29) is 29.4 Å². The molecule has 0 amide bonds. The van der Waals surface area contributed by atoms with Gasteiger partial charge >= 0.3 is 0 Å². The van der Waals surface area contributed by atoms with Gasteiger partial charge in [0.15, 0.2) is 5.96 Å². The maximum Gasteiger partial charge on any atom is 0.191 e. The highest BCUT2D eigenvalue weighted by Gasteiger charge is 2.35. The molecule has 1 aliphatic heterocycles. The Morgan fingerprint density at radius 3 is 2.76 bits per heavy atom. The third kappa shape index (κ3) is 7.38. The van der Waals surface area contributed by atoms with E-state index in [0.29, 0.717) is 12.0 Å². The van der Waals surface area contributed by atoms with Gasteiger partial charge in [-0.15, -0.1) is 35.3 Å². The third-order valence-corrected chi connectivity index (χ3v) is 5.22. The second kappa shape index (κ2) is 10.7. The predicted octanol–water partition coefficient (Wildman–Crippen LogP) is 3.62. The van der Waals surface area contributed by atoms with E-state index in [9.17, 15) is 0 Å². The zero-order chi connectivity index (χ0) is 17.6. The molecular weight excluding hydrogens is 447 g/mol. The summed E-state index contributed by atoms with van der Waals surface area (Å²) in [7, 11) is 1.82. The average molecular weight is 480 g/mol. The highest BCUT2D eigenvalue weighted by Crippen LogP contribution is 2.33. The SMILES string of the molecule is CN=C(NCCc1csc(C)n1)NCC1CCCOC1C(C)(C)C.I. The Morgan fingerprint density at radius 2 is 2.16 bits per heavy atom. The summed E-state index contributed by atoms with van der Waals surface area (Å²) >= 11 is 1.70. The van der Waals surface area contributed by atoms with Crippen LogP contribution in [0.5, 0.6) is 0 Å². The Hall–Kier alpha value is -0.410. The molecular formula is C18H33IN4OS. The molecule has 0 aliphatic carbocycles. The molecule has 0 spiro atoms. The Labute approximate surface area is 173 Å². The van der Waals surface area contributed by atoms with E-state index in [1.54, 1.807) is 11.3 Å². The van der Waals surface area contributed by atoms with Crippen molar-refractivity contribution >= 4 is 41.3 Å². The van der Waals surface area contributed by atoms with Gasteiger partial charge < -0.3 is 15.4 Å². The van der Waals surface area contributed by atoms with Crippen LogP contribution in [0.15, 0.2) is 10.4 Å². The number of aliphatic imine (C=N–C) groups is 1. The van der Waals surface area contributed by atoms with Gasteiger partial charge in [0.2, 0.25) is 0 Å². The van der Waals surface area contributed by atoms with Gasteiger partial charge in [-0.05, 0) is 25.2 Å². The number of nitrogens with one attached hydrogen (secondary N) is 2. The van der Waals surface area contributed by atoms with E-state index in [2.05, 4.69) is 46.8 Å². The van der Waals surface area contributed by atoms with Crippen LogP contribution >= 0.6 is 35.3 Å². The van der Waals surface area contributed by atoms with Crippen LogP contribution in [0.3, 0.4) is 0 Å². The van der Waals surface area contributed by atoms with Crippen LogP contribution in [-0.4, -0.2) is 43.8 Å². The summed E-state index contributed by atoms with van der Waals surface area (Å²) in [6.45, 7) is 11.5. The molecule has 7 heteroatoms. The molecule has 25 heavy (non-hydrogen) atoms. The minimum Gasteiger partial charge on any atom is -0.377 e. The van der Waals surface area contributed by atoms with Crippen molar-refractivity contribution in [3.63, 3.8) is 0 Å². The molecule has 1 saturated heterocycles. The van der Waals surface area contributed by atoms with Gasteiger partial charge in [-0.2, -0.15) is 0 Å². The largest absolute Gasteiger partial charge is 0.377 e. The van der Waals surface area contributed by atoms with Crippen molar-refractivity contribution in [2.75, 3.05) is 26.7 Å². The third-order valence-electron chi connectivity index (χ3n) is 4.39. The van der Waals surface area contributed by atoms with Crippen LogP contribution in [0.25, 0.3) is 0 Å². The van der Waals surface area contributed by atoms with E-state index in [1.807, 2.05) is 14.0 Å². The number of aryl methyl sites for hydroxylation is 1. The van der Waals surface area contributed by atoms with Crippen LogP contribution in [0, 0.1) is 18.3 Å². The fourth-order valence-electron chi connectivity index (χ4n) is 3.29. The van der Waals surface area contributed by atoms with Crippen LogP contribution in [-0.2, 0) is 11.2 Å². The van der Waals surface area contributed by atoms with Crippen molar-refractivity contribution in [1.29, 1.82) is 0 Å². The number of nitrogens with zero attached hydrogens (tertiary/aromatic N) is 2. The molecule has 2 rings (SSSR count). The highest BCUT2D eigenvalue weighted by molar-refractivity contribution is 14.0. The quantitative estimate of drug-likeness (QED) is 0.384. The second-order valence-electron chi connectivity index (χ2n) is 7.55. The molecule has 0 bridgehead atoms. The monoisotopic (exact) mass is 480 g/mol. The fourth-order valence-corrected chi connectivity index (χ4v) is 3.94. The van der Waals surface area contributed by atoms with Crippen molar-refractivity contribution in [2.24, 2.45) is 16.3 Å². The van der Waals surface area contributed by atoms with Crippen molar-refractivity contribution in [3.8, 4) is 0 Å². The van der Waals surface area contributed by atoms with Crippen LogP contribution < -0.4 is 10.6 Å². The van der Waals surface area contributed by atoms with Gasteiger partial charge in [0.25, 0.3) is 0 Å². The summed E-state index contributed by atoms with van der Waals surface area (Å²) < 4.78 is 6.05. The number of hydrogen-bond acceptors (Lipinski definition) is 4. The summed E-state index contributed by atoms with van der Waals surface area (Å²) in [6.07, 6.45) is 3.58. The van der Waals surface area contributed by atoms with Crippen LogP contribution in [0.2, 0.25) is 0 Å². The Kier molecular flexibility index (Phi) is 9.66. The number of ether oxygens (including phenoxy) is 1. The number of hydrogen-bond donors (Lipinski definition) is 2. The second-order valence-corrected chi connectivity index (χ2v) is 8.61. The van der Waals surface area contributed by atoms with Crippen LogP contribution in [0.4, 0.5) is 0 Å². The van der Waals surface area contributed by atoms with Crippen molar-refractivity contribution in [2.45, 2.75) is 53.1 Å². The van der Waals surface area contributed by atoms with Crippen molar-refractivity contribution < 1.29 is 4.74 Å². The van der Waals surface area contributed by atoms with Crippen molar-refractivity contribution in [1.82, 2.24) is 15.6 Å². The molecule has 1 fully saturated rings. The summed E-state index contributed by atoms with van der Waals surface area (Å²) in [5, 5.41) is 10.1. The molecule has 1 aromatic rings. The zero-order valence-corrected chi connectivity index (χ0v) is 19.2. The van der Waals surface area contributed by atoms with Gasteiger partial charge in [0, 0.05) is 44.5 Å². The molecule has 2 heterocycles. The van der Waals surface area contributed by atoms with Gasteiger partial charge in [-0.1, -0.05) is 20.8 Å². The fraction of sp³-hybridized carbons (Fsp3) is 0.778. The summed E-state index contributed by atoms with van der Waals surface area (Å²) in [6, 6.07) is 0. The minimum atomic E-state index is 0. The molecule has 144 valence electrons. The molecule has 2 N–H and O–H groups in total. The molecule has 0 aromatic carbocycles. The normalized spacial score (nSPS) is 21.6.